The van der Waals surface area contributed by atoms with Crippen LogP contribution in [0.5, 0.6) is 11.5 Å². The number of hydrogen-bond donors (Lipinski definition) is 0. The molecule has 0 aliphatic heterocycles. The first-order chi connectivity index (χ1) is 41.7. The van der Waals surface area contributed by atoms with Crippen molar-refractivity contribution in [2.45, 2.75) is 131 Å². The summed E-state index contributed by atoms with van der Waals surface area (Å²) >= 11 is 0. The zero-order chi connectivity index (χ0) is 61.8. The van der Waals surface area contributed by atoms with Gasteiger partial charge in [-0.25, -0.2) is 4.98 Å². The molecule has 0 unspecified atom stereocenters. The van der Waals surface area contributed by atoms with Gasteiger partial charge in [-0.2, -0.15) is 0 Å². The molecule has 438 valence electrons. The van der Waals surface area contributed by atoms with Gasteiger partial charge in [0.05, 0.1) is 16.7 Å². The van der Waals surface area contributed by atoms with E-state index in [4.69, 9.17) is 14.7 Å². The Kier molecular flexibility index (Phi) is 14.0. The first-order valence-electron chi connectivity index (χ1n) is 31.3. The summed E-state index contributed by atoms with van der Waals surface area (Å²) in [5.74, 6) is 2.37. The molecule has 10 aromatic carbocycles. The van der Waals surface area contributed by atoms with Crippen LogP contribution in [-0.2, 0) is 27.1 Å². The van der Waals surface area contributed by atoms with E-state index in [0.29, 0.717) is 0 Å². The Hall–Kier alpha value is -9.12. The predicted octanol–water partition coefficient (Wildman–Crippen LogP) is 23.8. The van der Waals surface area contributed by atoms with Crippen molar-refractivity contribution in [2.24, 2.45) is 0 Å². The summed E-state index contributed by atoms with van der Waals surface area (Å²) in [6.07, 6.45) is 3.97. The summed E-state index contributed by atoms with van der Waals surface area (Å²) in [5, 5.41) is 16.7. The maximum Gasteiger partial charge on any atom is 0.137 e. The number of para-hydroxylation sites is 1. The molecule has 0 spiro atoms. The lowest BCUT2D eigenvalue weighted by molar-refractivity contribution is 0.483. The monoisotopic (exact) mass is 1150 g/mol. The van der Waals surface area contributed by atoms with E-state index >= 15 is 0 Å². The van der Waals surface area contributed by atoms with Crippen molar-refractivity contribution in [2.75, 3.05) is 0 Å². The van der Waals surface area contributed by atoms with E-state index in [9.17, 15) is 0 Å². The number of hydrogen-bond acceptors (Lipinski definition) is 3. The molecule has 13 rings (SSSR count). The molecule has 13 aromatic rings. The molecule has 0 radical (unpaired) electrons. The van der Waals surface area contributed by atoms with Gasteiger partial charge in [0.15, 0.2) is 0 Å². The molecule has 12 bridgehead atoms. The van der Waals surface area contributed by atoms with Crippen molar-refractivity contribution < 1.29 is 4.74 Å². The quantitative estimate of drug-likeness (QED) is 0.172. The minimum absolute atomic E-state index is 0.0239. The van der Waals surface area contributed by atoms with E-state index in [1.165, 1.54) is 87.1 Å². The molecule has 0 saturated carbocycles. The van der Waals surface area contributed by atoms with E-state index in [1.54, 1.807) is 0 Å². The van der Waals surface area contributed by atoms with Crippen molar-refractivity contribution >= 4 is 86.4 Å². The van der Waals surface area contributed by atoms with Crippen LogP contribution >= 0.6 is 0 Å². The van der Waals surface area contributed by atoms with Crippen LogP contribution in [0.1, 0.15) is 132 Å². The molecular weight excluding hydrogens is 1070 g/mol. The van der Waals surface area contributed by atoms with Crippen LogP contribution in [0.3, 0.4) is 0 Å². The Morgan fingerprint density at radius 3 is 1.19 bits per heavy atom. The van der Waals surface area contributed by atoms with Gasteiger partial charge in [-0.3, -0.25) is 9.55 Å². The minimum atomic E-state index is -0.122. The smallest absolute Gasteiger partial charge is 0.137 e. The molecular formula is C84H81N3O. The predicted molar refractivity (Wildman–Crippen MR) is 379 cm³/mol. The highest BCUT2D eigenvalue weighted by atomic mass is 16.5. The molecule has 0 atom stereocenters. The zero-order valence-electron chi connectivity index (χ0n) is 54.0. The van der Waals surface area contributed by atoms with Crippen LogP contribution in [-0.4, -0.2) is 14.5 Å². The topological polar surface area (TPSA) is 39.9 Å². The van der Waals surface area contributed by atoms with Gasteiger partial charge < -0.3 is 4.74 Å². The average molecular weight is 1150 g/mol. The standard InChI is InChI=1S/C84H81N3O/c1-80(2,3)67-30-31-85-79(49-67)87-77-25-17-16-24-74(77)75-28-27-73(50-78(75)87)88-72-23-19-22-54(48-72)76-29-26-55(51-86-76)56-33-57-35-58(34-56)62-39-66(47-71(43-62)84(13,14)15)64-37-60(41-69(45-64)82(7,8)9)53-21-18-20-52(32-53)59-36-63(44-68(40-59)81(4,5)6)65-38-61(57)42-70(46-65)83(10,11)12/h16-51H,1-15H3. The molecule has 0 fully saturated rings. The number of rotatable bonds is 5. The van der Waals surface area contributed by atoms with Crippen LogP contribution in [0.4, 0.5) is 0 Å². The van der Waals surface area contributed by atoms with Gasteiger partial charge in [0.2, 0.25) is 0 Å². The average Bonchev–Trinajstić information content (AvgIpc) is 2.96. The Morgan fingerprint density at radius 2 is 0.716 bits per heavy atom. The summed E-state index contributed by atoms with van der Waals surface area (Å²) in [4.78, 5) is 10.2. The van der Waals surface area contributed by atoms with Crippen LogP contribution in [0.15, 0.2) is 219 Å². The van der Waals surface area contributed by atoms with Crippen LogP contribution < -0.4 is 4.74 Å². The minimum Gasteiger partial charge on any atom is -0.457 e. The lowest BCUT2D eigenvalue weighted by Crippen LogP contribution is -2.12. The molecule has 3 heterocycles. The van der Waals surface area contributed by atoms with Gasteiger partial charge in [-0.15, -0.1) is 0 Å². The Labute approximate surface area is 519 Å². The summed E-state index contributed by atoms with van der Waals surface area (Å²) in [5.41, 5.74) is 12.1. The highest BCUT2D eigenvalue weighted by Gasteiger charge is 2.22. The number of fused-ring (bicyclic) bond motifs is 21. The molecule has 88 heavy (non-hydrogen) atoms. The fraction of sp³-hybridized carbons (Fsp3) is 0.238. The third-order valence-electron chi connectivity index (χ3n) is 17.9. The van der Waals surface area contributed by atoms with Crippen LogP contribution in [0.25, 0.3) is 115 Å². The Bertz CT molecular complexity index is 4880. The maximum atomic E-state index is 6.76. The van der Waals surface area contributed by atoms with Crippen LogP contribution in [0.2, 0.25) is 0 Å². The van der Waals surface area contributed by atoms with Crippen molar-refractivity contribution in [1.82, 2.24) is 14.5 Å². The van der Waals surface area contributed by atoms with Crippen molar-refractivity contribution in [3.8, 4) is 39.7 Å². The summed E-state index contributed by atoms with van der Waals surface area (Å²) in [7, 11) is 0. The second kappa shape index (κ2) is 21.3. The fourth-order valence-electron chi connectivity index (χ4n) is 12.4. The van der Waals surface area contributed by atoms with Gasteiger partial charge >= 0.3 is 0 Å². The molecule has 0 N–H and O–H groups in total. The number of nitrogens with zero attached hydrogens (tertiary/aromatic N) is 3. The van der Waals surface area contributed by atoms with E-state index < -0.39 is 0 Å². The van der Waals surface area contributed by atoms with E-state index in [2.05, 4.69) is 309 Å². The number of pyridine rings is 2. The second-order valence-electron chi connectivity index (χ2n) is 29.8. The lowest BCUT2D eigenvalue weighted by Gasteiger charge is -2.22. The normalized spacial score (nSPS) is 12.7. The number of ether oxygens (including phenoxy) is 1. The van der Waals surface area contributed by atoms with Crippen LogP contribution in [0, 0.1) is 0 Å². The van der Waals surface area contributed by atoms with E-state index in [1.807, 2.05) is 18.5 Å². The number of benzene rings is 9. The third-order valence-corrected chi connectivity index (χ3v) is 17.9. The summed E-state index contributed by atoms with van der Waals surface area (Å²) < 4.78 is 9.02. The van der Waals surface area contributed by atoms with Crippen molar-refractivity contribution in [1.29, 1.82) is 0 Å². The molecule has 4 heteroatoms. The highest BCUT2D eigenvalue weighted by Crippen LogP contribution is 2.40. The molecule has 3 aromatic heterocycles. The van der Waals surface area contributed by atoms with Gasteiger partial charge in [-0.05, 0) is 222 Å². The first-order valence-corrected chi connectivity index (χ1v) is 31.3. The van der Waals surface area contributed by atoms with Gasteiger partial charge in [0, 0.05) is 40.4 Å². The largest absolute Gasteiger partial charge is 0.457 e. The van der Waals surface area contributed by atoms with Gasteiger partial charge in [0.1, 0.15) is 17.3 Å². The highest BCUT2D eigenvalue weighted by molar-refractivity contribution is 6.10. The molecule has 0 saturated heterocycles. The van der Waals surface area contributed by atoms with Crippen molar-refractivity contribution in [3.05, 3.63) is 246 Å². The second-order valence-corrected chi connectivity index (χ2v) is 29.8. The molecule has 0 aliphatic carbocycles. The zero-order valence-corrected chi connectivity index (χ0v) is 54.0. The SMILES string of the molecule is CC(C)(C)c1ccnc(-n2c3ccccc3c3ccc(Oc4cccc(-c5ccc(-c6cc7cc(c6)c6cc(C(C)(C)C)cc(c6)c6cc(C(C)(C)C)cc(c6)c6cccc(c6)c6cc(C(C)(C)C)cc(c6)c6cc(C(C)(C)C)cc7c6)cn5)c4)cc32)c1. The molecule has 0 amide bonds. The fourth-order valence-corrected chi connectivity index (χ4v) is 12.4. The summed E-state index contributed by atoms with van der Waals surface area (Å²) in [6.45, 7) is 34.7. The van der Waals surface area contributed by atoms with Crippen molar-refractivity contribution in [3.63, 3.8) is 0 Å². The molecule has 0 aliphatic rings. The first kappa shape index (κ1) is 57.9. The summed E-state index contributed by atoms with van der Waals surface area (Å²) in [6, 6.07) is 77.4. The Morgan fingerprint density at radius 1 is 0.284 bits per heavy atom. The Balaban J connectivity index is 0.996. The van der Waals surface area contributed by atoms with Gasteiger partial charge in [0.25, 0.3) is 0 Å². The maximum absolute atomic E-state index is 6.76. The number of aromatic nitrogens is 3. The molecule has 4 nitrogen and oxygen atoms in total. The lowest BCUT2D eigenvalue weighted by atomic mass is 9.83. The third kappa shape index (κ3) is 11.4. The van der Waals surface area contributed by atoms with Gasteiger partial charge in [-0.1, -0.05) is 207 Å². The van der Waals surface area contributed by atoms with E-state index in [-0.39, 0.29) is 27.1 Å². The van der Waals surface area contributed by atoms with E-state index in [0.717, 1.165) is 66.9 Å².